The van der Waals surface area contributed by atoms with Crippen molar-refractivity contribution in [3.8, 4) is 11.3 Å². The zero-order chi connectivity index (χ0) is 19.5. The van der Waals surface area contributed by atoms with Crippen LogP contribution in [0.2, 0.25) is 5.02 Å². The topological polar surface area (TPSA) is 86.9 Å². The lowest BCUT2D eigenvalue weighted by molar-refractivity contribution is -0.117. The molecule has 28 heavy (non-hydrogen) atoms. The zero-order valence-electron chi connectivity index (χ0n) is 15.0. The molecule has 0 aliphatic heterocycles. The van der Waals surface area contributed by atoms with Gasteiger partial charge in [0.05, 0.1) is 17.5 Å². The summed E-state index contributed by atoms with van der Waals surface area (Å²) < 4.78 is 0. The van der Waals surface area contributed by atoms with Crippen LogP contribution in [-0.4, -0.2) is 22.0 Å². The van der Waals surface area contributed by atoms with Gasteiger partial charge in [-0.1, -0.05) is 35.9 Å². The third-order valence-electron chi connectivity index (χ3n) is 4.61. The first-order chi connectivity index (χ1) is 13.6. The van der Waals surface area contributed by atoms with E-state index in [1.807, 2.05) is 36.4 Å². The summed E-state index contributed by atoms with van der Waals surface area (Å²) in [5.74, 6) is -0.0194. The van der Waals surface area contributed by atoms with Crippen LogP contribution in [0.25, 0.3) is 11.3 Å². The van der Waals surface area contributed by atoms with Crippen LogP contribution in [0.1, 0.15) is 28.8 Å². The minimum atomic E-state index is -0.230. The van der Waals surface area contributed by atoms with Crippen molar-refractivity contribution >= 4 is 29.1 Å². The molecule has 4 rings (SSSR count). The Morgan fingerprint density at radius 3 is 2.68 bits per heavy atom. The van der Waals surface area contributed by atoms with Crippen LogP contribution in [0.15, 0.2) is 54.7 Å². The molecule has 1 aliphatic carbocycles. The highest BCUT2D eigenvalue weighted by molar-refractivity contribution is 6.30. The fourth-order valence-corrected chi connectivity index (χ4v) is 3.05. The molecule has 7 heteroatoms. The fraction of sp³-hybridized carbons (Fsp3) is 0.190. The molecule has 0 atom stereocenters. The Kier molecular flexibility index (Phi) is 5.12. The number of hydrogen-bond donors (Lipinski definition) is 3. The van der Waals surface area contributed by atoms with Crippen molar-refractivity contribution in [2.75, 3.05) is 5.32 Å². The summed E-state index contributed by atoms with van der Waals surface area (Å²) >= 11 is 5.93. The molecule has 1 aliphatic rings. The Labute approximate surface area is 167 Å². The maximum atomic E-state index is 12.6. The number of carbonyl (C=O) groups excluding carboxylic acids is 2. The first-order valence-corrected chi connectivity index (χ1v) is 9.45. The van der Waals surface area contributed by atoms with Crippen molar-refractivity contribution < 1.29 is 9.59 Å². The molecule has 0 unspecified atom stereocenters. The number of carbonyl (C=O) groups is 2. The average Bonchev–Trinajstić information content (AvgIpc) is 3.44. The maximum absolute atomic E-state index is 12.6. The number of amides is 2. The highest BCUT2D eigenvalue weighted by atomic mass is 35.5. The minimum absolute atomic E-state index is 0.0622. The van der Waals surface area contributed by atoms with Gasteiger partial charge in [0.1, 0.15) is 0 Å². The molecule has 1 aromatic heterocycles. The Morgan fingerprint density at radius 2 is 1.93 bits per heavy atom. The Bertz CT molecular complexity index is 1010. The van der Waals surface area contributed by atoms with Gasteiger partial charge < -0.3 is 10.6 Å². The van der Waals surface area contributed by atoms with E-state index in [1.165, 1.54) is 6.20 Å². The predicted molar refractivity (Wildman–Crippen MR) is 108 cm³/mol. The van der Waals surface area contributed by atoms with Crippen molar-refractivity contribution in [3.63, 3.8) is 0 Å². The fourth-order valence-electron chi connectivity index (χ4n) is 2.92. The molecule has 2 amide bonds. The summed E-state index contributed by atoms with van der Waals surface area (Å²) in [6.45, 7) is 0.344. The second kappa shape index (κ2) is 7.86. The molecule has 142 valence electrons. The van der Waals surface area contributed by atoms with Gasteiger partial charge in [-0.05, 0) is 42.7 Å². The van der Waals surface area contributed by atoms with E-state index < -0.39 is 0 Å². The van der Waals surface area contributed by atoms with E-state index in [4.69, 9.17) is 11.6 Å². The monoisotopic (exact) mass is 394 g/mol. The largest absolute Gasteiger partial charge is 0.348 e. The SMILES string of the molecule is O=C(NCc1cccc(NC(=O)C2CC2)c1)c1cn[nH]c1-c1ccc(Cl)cc1. The van der Waals surface area contributed by atoms with Gasteiger partial charge in [-0.15, -0.1) is 0 Å². The zero-order valence-corrected chi connectivity index (χ0v) is 15.8. The summed E-state index contributed by atoms with van der Waals surface area (Å²) in [6, 6.07) is 14.7. The number of rotatable bonds is 6. The molecule has 3 N–H and O–H groups in total. The van der Waals surface area contributed by atoms with Gasteiger partial charge in [0, 0.05) is 28.7 Å². The van der Waals surface area contributed by atoms with Gasteiger partial charge in [-0.3, -0.25) is 14.7 Å². The van der Waals surface area contributed by atoms with Crippen LogP contribution in [0.5, 0.6) is 0 Å². The lowest BCUT2D eigenvalue weighted by Gasteiger charge is -2.09. The normalized spacial score (nSPS) is 13.2. The lowest BCUT2D eigenvalue weighted by atomic mass is 10.1. The highest BCUT2D eigenvalue weighted by Crippen LogP contribution is 2.30. The number of halogens is 1. The average molecular weight is 395 g/mol. The van der Waals surface area contributed by atoms with Crippen LogP contribution >= 0.6 is 11.6 Å². The standard InChI is InChI=1S/C21H19ClN4O2/c22-16-8-6-14(7-9-16)19-18(12-24-26-19)21(28)23-11-13-2-1-3-17(10-13)25-20(27)15-4-5-15/h1-3,6-10,12,15H,4-5,11H2,(H,23,28)(H,24,26)(H,25,27). The first kappa shape index (κ1) is 18.3. The Morgan fingerprint density at radius 1 is 1.14 bits per heavy atom. The van der Waals surface area contributed by atoms with Crippen molar-refractivity contribution in [1.82, 2.24) is 15.5 Å². The predicted octanol–water partition coefficient (Wildman–Crippen LogP) is 4.01. The molecule has 2 aromatic carbocycles. The quantitative estimate of drug-likeness (QED) is 0.590. The number of aromatic nitrogens is 2. The molecular formula is C21H19ClN4O2. The van der Waals surface area contributed by atoms with Crippen LogP contribution in [0.4, 0.5) is 5.69 Å². The van der Waals surface area contributed by atoms with Crippen LogP contribution in [0.3, 0.4) is 0 Å². The summed E-state index contributed by atoms with van der Waals surface area (Å²) in [4.78, 5) is 24.5. The Hall–Kier alpha value is -3.12. The van der Waals surface area contributed by atoms with E-state index in [0.717, 1.165) is 29.7 Å². The second-order valence-electron chi connectivity index (χ2n) is 6.81. The van der Waals surface area contributed by atoms with Gasteiger partial charge in [-0.25, -0.2) is 0 Å². The van der Waals surface area contributed by atoms with Gasteiger partial charge >= 0.3 is 0 Å². The van der Waals surface area contributed by atoms with Crippen molar-refractivity contribution in [1.29, 1.82) is 0 Å². The summed E-state index contributed by atoms with van der Waals surface area (Å²) in [5.41, 5.74) is 3.57. The molecular weight excluding hydrogens is 376 g/mol. The lowest BCUT2D eigenvalue weighted by Crippen LogP contribution is -2.23. The van der Waals surface area contributed by atoms with Crippen molar-refractivity contribution in [3.05, 3.63) is 70.9 Å². The third kappa shape index (κ3) is 4.23. The molecule has 0 radical (unpaired) electrons. The molecule has 3 aromatic rings. The van der Waals surface area contributed by atoms with Gasteiger partial charge in [0.15, 0.2) is 0 Å². The smallest absolute Gasteiger partial charge is 0.255 e. The number of aromatic amines is 1. The molecule has 1 fully saturated rings. The van der Waals surface area contributed by atoms with Gasteiger partial charge in [0.25, 0.3) is 5.91 Å². The molecule has 0 bridgehead atoms. The van der Waals surface area contributed by atoms with Crippen molar-refractivity contribution in [2.45, 2.75) is 19.4 Å². The number of anilines is 1. The van der Waals surface area contributed by atoms with Crippen LogP contribution in [-0.2, 0) is 11.3 Å². The third-order valence-corrected chi connectivity index (χ3v) is 4.86. The second-order valence-corrected chi connectivity index (χ2v) is 7.25. The molecule has 0 spiro atoms. The van der Waals surface area contributed by atoms with E-state index >= 15 is 0 Å². The van der Waals surface area contributed by atoms with Crippen molar-refractivity contribution in [2.24, 2.45) is 5.92 Å². The number of H-pyrrole nitrogens is 1. The van der Waals surface area contributed by atoms with E-state index in [1.54, 1.807) is 12.1 Å². The molecule has 1 heterocycles. The summed E-state index contributed by atoms with van der Waals surface area (Å²) in [6.07, 6.45) is 3.43. The van der Waals surface area contributed by atoms with Crippen LogP contribution < -0.4 is 10.6 Å². The number of nitrogens with zero attached hydrogens (tertiary/aromatic N) is 1. The Balaban J connectivity index is 1.42. The first-order valence-electron chi connectivity index (χ1n) is 9.07. The molecule has 1 saturated carbocycles. The minimum Gasteiger partial charge on any atom is -0.348 e. The van der Waals surface area contributed by atoms with E-state index in [0.29, 0.717) is 22.8 Å². The van der Waals surface area contributed by atoms with E-state index in [2.05, 4.69) is 20.8 Å². The summed E-state index contributed by atoms with van der Waals surface area (Å²) in [7, 11) is 0. The molecule has 6 nitrogen and oxygen atoms in total. The molecule has 0 saturated heterocycles. The van der Waals surface area contributed by atoms with E-state index in [-0.39, 0.29) is 17.7 Å². The number of benzene rings is 2. The van der Waals surface area contributed by atoms with Crippen LogP contribution in [0, 0.1) is 5.92 Å². The van der Waals surface area contributed by atoms with Gasteiger partial charge in [0.2, 0.25) is 5.91 Å². The highest BCUT2D eigenvalue weighted by Gasteiger charge is 2.29. The summed E-state index contributed by atoms with van der Waals surface area (Å²) in [5, 5.41) is 13.3. The van der Waals surface area contributed by atoms with E-state index in [9.17, 15) is 9.59 Å². The van der Waals surface area contributed by atoms with Gasteiger partial charge in [-0.2, -0.15) is 5.10 Å². The maximum Gasteiger partial charge on any atom is 0.255 e. The number of nitrogens with one attached hydrogen (secondary N) is 3. The number of hydrogen-bond acceptors (Lipinski definition) is 3.